The Hall–Kier alpha value is -3.02. The van der Waals surface area contributed by atoms with Gasteiger partial charge < -0.3 is 5.32 Å². The van der Waals surface area contributed by atoms with Crippen molar-refractivity contribution < 1.29 is 9.18 Å². The Labute approximate surface area is 150 Å². The van der Waals surface area contributed by atoms with Gasteiger partial charge in [0.1, 0.15) is 18.5 Å². The molecule has 0 bridgehead atoms. The van der Waals surface area contributed by atoms with E-state index in [0.717, 1.165) is 36.9 Å². The van der Waals surface area contributed by atoms with Crippen LogP contribution in [0.2, 0.25) is 0 Å². The number of rotatable bonds is 4. The fourth-order valence-corrected chi connectivity index (χ4v) is 3.68. The van der Waals surface area contributed by atoms with Crippen molar-refractivity contribution in [1.29, 1.82) is 0 Å². The van der Waals surface area contributed by atoms with Crippen LogP contribution in [0.1, 0.15) is 41.6 Å². The Kier molecular flexibility index (Phi) is 4.24. The highest BCUT2D eigenvalue weighted by molar-refractivity contribution is 5.95. The Bertz CT molecular complexity index is 917. The van der Waals surface area contributed by atoms with E-state index in [1.807, 2.05) is 18.2 Å². The van der Waals surface area contributed by atoms with Crippen molar-refractivity contribution in [1.82, 2.24) is 20.1 Å². The number of benzene rings is 2. The summed E-state index contributed by atoms with van der Waals surface area (Å²) in [5.74, 6) is -0.441. The second-order valence-electron chi connectivity index (χ2n) is 6.67. The summed E-state index contributed by atoms with van der Waals surface area (Å²) in [5.41, 5.74) is 1.69. The third-order valence-corrected chi connectivity index (χ3v) is 5.01. The Morgan fingerprint density at radius 3 is 2.50 bits per heavy atom. The molecule has 1 fully saturated rings. The fourth-order valence-electron chi connectivity index (χ4n) is 3.68. The van der Waals surface area contributed by atoms with Crippen LogP contribution in [0.5, 0.6) is 0 Å². The topological polar surface area (TPSA) is 59.8 Å². The van der Waals surface area contributed by atoms with Crippen molar-refractivity contribution >= 4 is 5.91 Å². The maximum absolute atomic E-state index is 13.7. The van der Waals surface area contributed by atoms with Gasteiger partial charge in [-0.05, 0) is 48.7 Å². The first-order valence-corrected chi connectivity index (χ1v) is 8.70. The highest BCUT2D eigenvalue weighted by Gasteiger charge is 2.37. The SMILES string of the molecule is O=C(NC1(c2cccc(F)c2)CCCC1)c1cccc(-n2cnnc2)c1. The number of hydrogen-bond donors (Lipinski definition) is 1. The van der Waals surface area contributed by atoms with Gasteiger partial charge in [0.25, 0.3) is 5.91 Å². The molecule has 3 aromatic rings. The molecule has 0 spiro atoms. The van der Waals surface area contributed by atoms with Crippen LogP contribution in [-0.2, 0) is 5.54 Å². The molecule has 0 atom stereocenters. The molecule has 6 heteroatoms. The molecule has 0 aliphatic heterocycles. The van der Waals surface area contributed by atoms with Gasteiger partial charge in [-0.2, -0.15) is 0 Å². The summed E-state index contributed by atoms with van der Waals surface area (Å²) < 4.78 is 15.5. The number of carbonyl (C=O) groups is 1. The lowest BCUT2D eigenvalue weighted by atomic mass is 9.87. The number of nitrogens with one attached hydrogen (secondary N) is 1. The number of carbonyl (C=O) groups excluding carboxylic acids is 1. The number of nitrogens with zero attached hydrogens (tertiary/aromatic N) is 3. The van der Waals surface area contributed by atoms with Gasteiger partial charge in [-0.3, -0.25) is 9.36 Å². The van der Waals surface area contributed by atoms with Gasteiger partial charge in [0.15, 0.2) is 0 Å². The lowest BCUT2D eigenvalue weighted by molar-refractivity contribution is 0.0898. The largest absolute Gasteiger partial charge is 0.343 e. The first kappa shape index (κ1) is 16.4. The van der Waals surface area contributed by atoms with Crippen LogP contribution in [0.25, 0.3) is 5.69 Å². The minimum absolute atomic E-state index is 0.161. The van der Waals surface area contributed by atoms with Crippen molar-refractivity contribution in [3.8, 4) is 5.69 Å². The Morgan fingerprint density at radius 2 is 1.77 bits per heavy atom. The number of hydrogen-bond acceptors (Lipinski definition) is 3. The molecule has 4 rings (SSSR count). The van der Waals surface area contributed by atoms with Crippen molar-refractivity contribution in [2.24, 2.45) is 0 Å². The van der Waals surface area contributed by atoms with Crippen molar-refractivity contribution in [2.45, 2.75) is 31.2 Å². The number of amides is 1. The van der Waals surface area contributed by atoms with Gasteiger partial charge >= 0.3 is 0 Å². The molecule has 1 saturated carbocycles. The van der Waals surface area contributed by atoms with Crippen LogP contribution < -0.4 is 5.32 Å². The number of aromatic nitrogens is 3. The lowest BCUT2D eigenvalue weighted by Crippen LogP contribution is -2.43. The standard InChI is InChI=1S/C20H19FN4O/c21-17-7-4-6-16(12-17)20(9-1-2-10-20)24-19(26)15-5-3-8-18(11-15)25-13-22-23-14-25/h3-8,11-14H,1-2,9-10H2,(H,24,26). The molecule has 0 saturated heterocycles. The van der Waals surface area contributed by atoms with Crippen LogP contribution in [0.15, 0.2) is 61.2 Å². The average Bonchev–Trinajstić information content (AvgIpc) is 3.35. The van der Waals surface area contributed by atoms with Gasteiger partial charge in [0.05, 0.1) is 5.54 Å². The van der Waals surface area contributed by atoms with E-state index in [-0.39, 0.29) is 11.7 Å². The van der Waals surface area contributed by atoms with Gasteiger partial charge in [0, 0.05) is 11.3 Å². The zero-order valence-electron chi connectivity index (χ0n) is 14.2. The molecule has 1 aromatic heterocycles. The molecule has 0 radical (unpaired) electrons. The third-order valence-electron chi connectivity index (χ3n) is 5.01. The van der Waals surface area contributed by atoms with Crippen molar-refractivity contribution in [3.05, 3.63) is 78.1 Å². The van der Waals surface area contributed by atoms with Gasteiger partial charge in [0.2, 0.25) is 0 Å². The lowest BCUT2D eigenvalue weighted by Gasteiger charge is -2.31. The first-order valence-electron chi connectivity index (χ1n) is 8.70. The Morgan fingerprint density at radius 1 is 1.04 bits per heavy atom. The van der Waals surface area contributed by atoms with E-state index in [1.165, 1.54) is 12.1 Å². The first-order chi connectivity index (χ1) is 12.7. The quantitative estimate of drug-likeness (QED) is 0.782. The minimum Gasteiger partial charge on any atom is -0.343 e. The summed E-state index contributed by atoms with van der Waals surface area (Å²) in [6, 6.07) is 13.8. The summed E-state index contributed by atoms with van der Waals surface area (Å²) >= 11 is 0. The summed E-state index contributed by atoms with van der Waals surface area (Å²) in [7, 11) is 0. The van der Waals surface area contributed by atoms with Crippen LogP contribution in [0.4, 0.5) is 4.39 Å². The van der Waals surface area contributed by atoms with Crippen LogP contribution >= 0.6 is 0 Å². The zero-order valence-corrected chi connectivity index (χ0v) is 14.2. The monoisotopic (exact) mass is 350 g/mol. The predicted molar refractivity (Wildman–Crippen MR) is 95.4 cm³/mol. The van der Waals surface area contributed by atoms with Crippen LogP contribution in [0, 0.1) is 5.82 Å². The van der Waals surface area contributed by atoms with E-state index in [1.54, 1.807) is 35.4 Å². The smallest absolute Gasteiger partial charge is 0.252 e. The maximum atomic E-state index is 13.7. The van der Waals surface area contributed by atoms with E-state index in [9.17, 15) is 9.18 Å². The summed E-state index contributed by atoms with van der Waals surface area (Å²) in [6.45, 7) is 0. The van der Waals surface area contributed by atoms with E-state index in [4.69, 9.17) is 0 Å². The summed E-state index contributed by atoms with van der Waals surface area (Å²) in [6.07, 6.45) is 6.82. The molecule has 2 aromatic carbocycles. The predicted octanol–water partition coefficient (Wildman–Crippen LogP) is 3.61. The average molecular weight is 350 g/mol. The maximum Gasteiger partial charge on any atom is 0.252 e. The molecule has 0 unspecified atom stereocenters. The zero-order chi connectivity index (χ0) is 18.0. The van der Waals surface area contributed by atoms with E-state index in [2.05, 4.69) is 15.5 Å². The second-order valence-corrected chi connectivity index (χ2v) is 6.67. The van der Waals surface area contributed by atoms with Gasteiger partial charge in [-0.15, -0.1) is 10.2 Å². The van der Waals surface area contributed by atoms with E-state index >= 15 is 0 Å². The molecule has 1 heterocycles. The van der Waals surface area contributed by atoms with E-state index < -0.39 is 5.54 Å². The third kappa shape index (κ3) is 3.10. The highest BCUT2D eigenvalue weighted by Crippen LogP contribution is 2.39. The Balaban J connectivity index is 1.63. The molecule has 26 heavy (non-hydrogen) atoms. The van der Waals surface area contributed by atoms with Gasteiger partial charge in [-0.1, -0.05) is 31.0 Å². The normalized spacial score (nSPS) is 15.7. The molecule has 132 valence electrons. The van der Waals surface area contributed by atoms with Crippen LogP contribution in [0.3, 0.4) is 0 Å². The van der Waals surface area contributed by atoms with Crippen molar-refractivity contribution in [2.75, 3.05) is 0 Å². The molecule has 1 aliphatic rings. The highest BCUT2D eigenvalue weighted by atomic mass is 19.1. The molecule has 1 amide bonds. The fraction of sp³-hybridized carbons (Fsp3) is 0.250. The van der Waals surface area contributed by atoms with Crippen molar-refractivity contribution in [3.63, 3.8) is 0 Å². The number of halogens is 1. The second kappa shape index (κ2) is 6.71. The minimum atomic E-state index is -0.508. The molecule has 1 N–H and O–H groups in total. The summed E-state index contributed by atoms with van der Waals surface area (Å²) in [4.78, 5) is 12.9. The van der Waals surface area contributed by atoms with Gasteiger partial charge in [-0.25, -0.2) is 4.39 Å². The molecule has 5 nitrogen and oxygen atoms in total. The van der Waals surface area contributed by atoms with E-state index in [0.29, 0.717) is 5.56 Å². The summed E-state index contributed by atoms with van der Waals surface area (Å²) in [5, 5.41) is 10.8. The molecular weight excluding hydrogens is 331 g/mol. The molecular formula is C20H19FN4O. The van der Waals surface area contributed by atoms with Crippen LogP contribution in [-0.4, -0.2) is 20.7 Å². The molecule has 1 aliphatic carbocycles.